The van der Waals surface area contributed by atoms with Crippen LogP contribution in [0.15, 0.2) is 60.7 Å². The highest BCUT2D eigenvalue weighted by Crippen LogP contribution is 2.38. The number of likely N-dealkylation sites (N-methyl/N-ethyl adjacent to an activating group) is 1. The summed E-state index contributed by atoms with van der Waals surface area (Å²) < 4.78 is 10.7. The van der Waals surface area contributed by atoms with Gasteiger partial charge >= 0.3 is 12.1 Å². The van der Waals surface area contributed by atoms with Gasteiger partial charge in [0.2, 0.25) is 23.6 Å². The molecule has 0 bridgehead atoms. The number of nitrogens with one attached hydrogen (secondary N) is 4. The number of esters is 1. The molecule has 1 aliphatic rings. The minimum Gasteiger partial charge on any atom is -0.459 e. The molecule has 5 amide bonds. The lowest BCUT2D eigenvalue weighted by molar-refractivity contribution is -0.149. The van der Waals surface area contributed by atoms with Gasteiger partial charge < -0.3 is 35.6 Å². The number of benzene rings is 2. The SMILES string of the molecule is CC(C)C[C@H](NC(=O)[C@H](CS)N(C)C(=O)C1(NC(=O)[C@H](Cc2ccccc2)NC(=O)OC(C)(C)C)CC1)C(=O)N[C@@H](C)C(=O)OCc1ccccc1. The first-order chi connectivity index (χ1) is 24.4. The lowest BCUT2D eigenvalue weighted by Gasteiger charge is -2.32. The van der Waals surface area contributed by atoms with Crippen LogP contribution >= 0.6 is 12.6 Å². The highest BCUT2D eigenvalue weighted by molar-refractivity contribution is 7.80. The van der Waals surface area contributed by atoms with Crippen LogP contribution in [0.25, 0.3) is 0 Å². The molecule has 52 heavy (non-hydrogen) atoms. The van der Waals surface area contributed by atoms with Crippen molar-refractivity contribution in [3.05, 3.63) is 71.8 Å². The van der Waals surface area contributed by atoms with Gasteiger partial charge in [-0.1, -0.05) is 74.5 Å². The van der Waals surface area contributed by atoms with Crippen LogP contribution in [0.5, 0.6) is 0 Å². The molecular weight excluding hydrogens is 687 g/mol. The van der Waals surface area contributed by atoms with E-state index in [0.717, 1.165) is 11.1 Å². The lowest BCUT2D eigenvalue weighted by Crippen LogP contribution is -2.60. The highest BCUT2D eigenvalue weighted by atomic mass is 32.1. The third-order valence-corrected chi connectivity index (χ3v) is 8.70. The molecule has 0 spiro atoms. The van der Waals surface area contributed by atoms with Crippen LogP contribution in [0.2, 0.25) is 0 Å². The van der Waals surface area contributed by atoms with Crippen molar-refractivity contribution in [2.24, 2.45) is 5.92 Å². The number of carbonyl (C=O) groups excluding carboxylic acids is 6. The van der Waals surface area contributed by atoms with Crippen LogP contribution in [0.3, 0.4) is 0 Å². The molecule has 0 saturated heterocycles. The second-order valence-electron chi connectivity index (χ2n) is 14.6. The van der Waals surface area contributed by atoms with Gasteiger partial charge in [-0.2, -0.15) is 12.6 Å². The second kappa shape index (κ2) is 18.8. The Bertz CT molecular complexity index is 1550. The van der Waals surface area contributed by atoms with E-state index in [9.17, 15) is 28.8 Å². The van der Waals surface area contributed by atoms with Crippen molar-refractivity contribution < 1.29 is 38.2 Å². The molecule has 0 heterocycles. The molecule has 284 valence electrons. The van der Waals surface area contributed by atoms with Crippen molar-refractivity contribution >= 4 is 48.3 Å². The molecule has 1 fully saturated rings. The molecule has 4 atom stereocenters. The minimum atomic E-state index is -1.29. The van der Waals surface area contributed by atoms with E-state index in [1.54, 1.807) is 20.8 Å². The Kier molecular flexibility index (Phi) is 15.1. The third kappa shape index (κ3) is 12.9. The summed E-state index contributed by atoms with van der Waals surface area (Å²) in [6.45, 7) is 10.5. The van der Waals surface area contributed by atoms with Crippen molar-refractivity contribution in [1.29, 1.82) is 0 Å². The molecule has 4 N–H and O–H groups in total. The fourth-order valence-electron chi connectivity index (χ4n) is 5.41. The minimum absolute atomic E-state index is 0.00623. The first-order valence-electron chi connectivity index (χ1n) is 17.5. The topological polar surface area (TPSA) is 172 Å². The predicted molar refractivity (Wildman–Crippen MR) is 199 cm³/mol. The van der Waals surface area contributed by atoms with Gasteiger partial charge in [0, 0.05) is 19.2 Å². The molecule has 1 saturated carbocycles. The quantitative estimate of drug-likeness (QED) is 0.122. The van der Waals surface area contributed by atoms with E-state index in [1.807, 2.05) is 74.5 Å². The fourth-order valence-corrected chi connectivity index (χ4v) is 5.82. The monoisotopic (exact) mass is 739 g/mol. The molecule has 14 heteroatoms. The van der Waals surface area contributed by atoms with Gasteiger partial charge in [-0.15, -0.1) is 0 Å². The Labute approximate surface area is 311 Å². The van der Waals surface area contributed by atoms with E-state index in [1.165, 1.54) is 18.9 Å². The summed E-state index contributed by atoms with van der Waals surface area (Å²) in [7, 11) is 1.44. The van der Waals surface area contributed by atoms with Crippen LogP contribution in [-0.4, -0.2) is 88.7 Å². The summed E-state index contributed by atoms with van der Waals surface area (Å²) in [5, 5.41) is 10.8. The van der Waals surface area contributed by atoms with E-state index in [2.05, 4.69) is 33.9 Å². The van der Waals surface area contributed by atoms with Gasteiger partial charge in [0.25, 0.3) is 0 Å². The molecule has 3 rings (SSSR count). The zero-order valence-corrected chi connectivity index (χ0v) is 32.0. The summed E-state index contributed by atoms with van der Waals surface area (Å²) in [6, 6.07) is 14.1. The van der Waals surface area contributed by atoms with Gasteiger partial charge in [-0.25, -0.2) is 9.59 Å². The Hall–Kier alpha value is -4.59. The normalized spacial score (nSPS) is 15.6. The van der Waals surface area contributed by atoms with Crippen LogP contribution in [0, 0.1) is 5.92 Å². The van der Waals surface area contributed by atoms with Crippen molar-refractivity contribution in [1.82, 2.24) is 26.2 Å². The van der Waals surface area contributed by atoms with Crippen LogP contribution in [0.1, 0.15) is 71.9 Å². The summed E-state index contributed by atoms with van der Waals surface area (Å²) in [6.07, 6.45) is 0.278. The van der Waals surface area contributed by atoms with E-state index in [-0.39, 0.29) is 31.1 Å². The largest absolute Gasteiger partial charge is 0.459 e. The molecule has 1 aliphatic carbocycles. The fraction of sp³-hybridized carbons (Fsp3) is 0.526. The molecule has 0 aliphatic heterocycles. The number of amides is 5. The van der Waals surface area contributed by atoms with Crippen LogP contribution in [0.4, 0.5) is 4.79 Å². The maximum atomic E-state index is 13.9. The molecule has 2 aromatic carbocycles. The number of ether oxygens (including phenoxy) is 2. The van der Waals surface area contributed by atoms with Gasteiger partial charge in [-0.3, -0.25) is 19.2 Å². The maximum absolute atomic E-state index is 13.9. The number of nitrogens with zero attached hydrogens (tertiary/aromatic N) is 1. The average molecular weight is 740 g/mol. The number of hydrogen-bond donors (Lipinski definition) is 5. The van der Waals surface area contributed by atoms with E-state index in [4.69, 9.17) is 9.47 Å². The standard InChI is InChI=1S/C38H53N5O8S/c1-24(2)20-28(31(44)39-25(3)34(47)50-22-27-16-12-9-13-17-27)40-33(46)30(23-52)43(7)35(48)38(18-19-38)42-32(45)29(21-26-14-10-8-11-15-26)41-36(49)51-37(4,5)6/h8-17,24-25,28-30,52H,18-23H2,1-7H3,(H,39,44)(H,40,46)(H,41,49)(H,42,45)/t25-,28-,29-,30-/m0/s1. The number of alkyl carbamates (subject to hydrolysis) is 1. The molecule has 2 aromatic rings. The number of carbonyl (C=O) groups is 6. The number of rotatable bonds is 17. The zero-order chi connectivity index (χ0) is 38.6. The molecular formula is C38H53N5O8S. The lowest BCUT2D eigenvalue weighted by atomic mass is 10.0. The molecule has 0 unspecified atom stereocenters. The van der Waals surface area contributed by atoms with Crippen LogP contribution in [-0.2, 0) is 46.5 Å². The van der Waals surface area contributed by atoms with Gasteiger partial charge in [-0.05, 0) is 64.0 Å². The van der Waals surface area contributed by atoms with Crippen molar-refractivity contribution in [3.8, 4) is 0 Å². The first kappa shape index (κ1) is 41.8. The zero-order valence-electron chi connectivity index (χ0n) is 31.1. The van der Waals surface area contributed by atoms with Crippen molar-refractivity contribution in [2.45, 2.75) is 109 Å². The third-order valence-electron chi connectivity index (χ3n) is 8.35. The number of thiol groups is 1. The Morgan fingerprint density at radius 2 is 1.38 bits per heavy atom. The summed E-state index contributed by atoms with van der Waals surface area (Å²) in [5.74, 6) is -3.00. The van der Waals surface area contributed by atoms with Crippen molar-refractivity contribution in [3.63, 3.8) is 0 Å². The van der Waals surface area contributed by atoms with E-state index in [0.29, 0.717) is 12.8 Å². The average Bonchev–Trinajstić information content (AvgIpc) is 3.86. The van der Waals surface area contributed by atoms with Crippen LogP contribution < -0.4 is 21.3 Å². The van der Waals surface area contributed by atoms with Gasteiger partial charge in [0.05, 0.1) is 0 Å². The maximum Gasteiger partial charge on any atom is 0.408 e. The smallest absolute Gasteiger partial charge is 0.408 e. The summed E-state index contributed by atoms with van der Waals surface area (Å²) in [5.41, 5.74) is -0.495. The van der Waals surface area contributed by atoms with Gasteiger partial charge in [0.15, 0.2) is 0 Å². The Morgan fingerprint density at radius 3 is 1.90 bits per heavy atom. The summed E-state index contributed by atoms with van der Waals surface area (Å²) in [4.78, 5) is 81.0. The molecule has 13 nitrogen and oxygen atoms in total. The van der Waals surface area contributed by atoms with Crippen molar-refractivity contribution in [2.75, 3.05) is 12.8 Å². The van der Waals surface area contributed by atoms with E-state index < -0.39 is 71.0 Å². The highest BCUT2D eigenvalue weighted by Gasteiger charge is 2.54. The Morgan fingerprint density at radius 1 is 0.808 bits per heavy atom. The summed E-state index contributed by atoms with van der Waals surface area (Å²) >= 11 is 4.35. The molecule has 0 radical (unpaired) electrons. The first-order valence-corrected chi connectivity index (χ1v) is 18.1. The second-order valence-corrected chi connectivity index (χ2v) is 15.0. The number of hydrogen-bond acceptors (Lipinski definition) is 9. The molecule has 0 aromatic heterocycles. The predicted octanol–water partition coefficient (Wildman–Crippen LogP) is 3.31. The van der Waals surface area contributed by atoms with E-state index >= 15 is 0 Å². The van der Waals surface area contributed by atoms with Gasteiger partial charge in [0.1, 0.15) is 41.9 Å². The Balaban J connectivity index is 1.67.